The Balaban J connectivity index is 1.88. The van der Waals surface area contributed by atoms with Crippen LogP contribution in [0.2, 0.25) is 0 Å². The molecule has 0 radical (unpaired) electrons. The van der Waals surface area contributed by atoms with Gasteiger partial charge < -0.3 is 25.1 Å². The Hall–Kier alpha value is -3.81. The maximum atomic E-state index is 13.7. The highest BCUT2D eigenvalue weighted by molar-refractivity contribution is 6.22. The molecule has 172 valence electrons. The summed E-state index contributed by atoms with van der Waals surface area (Å²) in [6, 6.07) is 9.23. The monoisotopic (exact) mass is 448 g/mol. The molecule has 2 aromatic rings. The van der Waals surface area contributed by atoms with E-state index in [0.29, 0.717) is 46.4 Å². The Bertz CT molecular complexity index is 1200. The van der Waals surface area contributed by atoms with Crippen molar-refractivity contribution in [1.82, 2.24) is 15.6 Å². The van der Waals surface area contributed by atoms with Crippen molar-refractivity contribution in [2.45, 2.75) is 26.7 Å². The molecule has 8 nitrogen and oxygen atoms in total. The van der Waals surface area contributed by atoms with E-state index in [9.17, 15) is 9.59 Å². The molecule has 1 amide bonds. The van der Waals surface area contributed by atoms with E-state index in [0.717, 1.165) is 11.4 Å². The summed E-state index contributed by atoms with van der Waals surface area (Å²) in [4.78, 5) is 34.6. The third kappa shape index (κ3) is 4.04. The van der Waals surface area contributed by atoms with Crippen molar-refractivity contribution in [3.63, 3.8) is 0 Å². The standard InChI is InChI=1S/C25H28N4O4/c1-6-26-25(31)20-14(3)28-24-22(21(20)17-12-16(32-4)9-10-19(17)33-5)23(30)18(29-24)11-15-8-7-13(2)27-15/h7-12,21-22,27H,6H2,1-5H3,(H,26,31)(H,28,29)/b18-11+. The van der Waals surface area contributed by atoms with E-state index in [2.05, 4.69) is 20.6 Å². The Morgan fingerprint density at radius 1 is 1.15 bits per heavy atom. The summed E-state index contributed by atoms with van der Waals surface area (Å²) in [5.41, 5.74) is 3.95. The lowest BCUT2D eigenvalue weighted by Gasteiger charge is -2.33. The number of ketones is 1. The van der Waals surface area contributed by atoms with Crippen LogP contribution in [0.5, 0.6) is 11.5 Å². The largest absolute Gasteiger partial charge is 0.497 e. The second-order valence-electron chi connectivity index (χ2n) is 8.07. The van der Waals surface area contributed by atoms with Crippen LogP contribution in [0, 0.1) is 12.8 Å². The second-order valence-corrected chi connectivity index (χ2v) is 8.07. The van der Waals surface area contributed by atoms with Gasteiger partial charge in [0.05, 0.1) is 20.1 Å². The van der Waals surface area contributed by atoms with Gasteiger partial charge in [0.25, 0.3) is 0 Å². The minimum atomic E-state index is -0.686. The molecular weight excluding hydrogens is 420 g/mol. The van der Waals surface area contributed by atoms with Crippen molar-refractivity contribution in [3.05, 3.63) is 64.3 Å². The molecule has 2 aliphatic rings. The summed E-state index contributed by atoms with van der Waals surface area (Å²) in [5.74, 6) is 0.0335. The number of ether oxygens (including phenoxy) is 2. The number of carbonyl (C=O) groups is 2. The number of aromatic amines is 1. The summed E-state index contributed by atoms with van der Waals surface area (Å²) in [6.45, 7) is 6.10. The van der Waals surface area contributed by atoms with Crippen LogP contribution in [0.15, 0.2) is 52.3 Å². The van der Waals surface area contributed by atoms with Crippen LogP contribution in [-0.4, -0.2) is 43.3 Å². The molecule has 1 aromatic heterocycles. The number of hydrogen-bond acceptors (Lipinski definition) is 6. The van der Waals surface area contributed by atoms with Crippen LogP contribution in [-0.2, 0) is 9.59 Å². The maximum absolute atomic E-state index is 13.7. The first-order valence-electron chi connectivity index (χ1n) is 10.9. The van der Waals surface area contributed by atoms with Crippen molar-refractivity contribution in [3.8, 4) is 11.5 Å². The van der Waals surface area contributed by atoms with E-state index >= 15 is 0 Å². The van der Waals surface area contributed by atoms with Crippen LogP contribution in [0.4, 0.5) is 0 Å². The molecule has 0 aliphatic carbocycles. The average molecular weight is 449 g/mol. The molecule has 0 bridgehead atoms. The van der Waals surface area contributed by atoms with Crippen molar-refractivity contribution in [1.29, 1.82) is 0 Å². The SMILES string of the molecule is CCNC(=O)C1=C(C)NC2=N/C(=C/c3ccc(C)[nH]3)C(=O)C2C1c1cc(OC)ccc1OC. The van der Waals surface area contributed by atoms with Gasteiger partial charge in [0, 0.05) is 40.7 Å². The van der Waals surface area contributed by atoms with Crippen LogP contribution < -0.4 is 20.1 Å². The van der Waals surface area contributed by atoms with Crippen LogP contribution in [0.25, 0.3) is 6.08 Å². The number of aryl methyl sites for hydroxylation is 1. The van der Waals surface area contributed by atoms with Gasteiger partial charge in [0.15, 0.2) is 5.78 Å². The molecule has 0 saturated carbocycles. The fourth-order valence-electron chi connectivity index (χ4n) is 4.46. The zero-order chi connectivity index (χ0) is 23.7. The summed E-state index contributed by atoms with van der Waals surface area (Å²) in [5, 5.41) is 6.09. The molecular formula is C25H28N4O4. The molecule has 0 spiro atoms. The van der Waals surface area contributed by atoms with Gasteiger partial charge in [-0.05, 0) is 57.2 Å². The quantitative estimate of drug-likeness (QED) is 0.589. The minimum absolute atomic E-state index is 0.158. The van der Waals surface area contributed by atoms with Crippen molar-refractivity contribution in [2.24, 2.45) is 10.9 Å². The van der Waals surface area contributed by atoms with E-state index in [-0.39, 0.29) is 11.7 Å². The van der Waals surface area contributed by atoms with E-state index in [1.165, 1.54) is 0 Å². The van der Waals surface area contributed by atoms with Gasteiger partial charge in [-0.3, -0.25) is 9.59 Å². The summed E-state index contributed by atoms with van der Waals surface area (Å²) >= 11 is 0. The Labute approximate surface area is 192 Å². The maximum Gasteiger partial charge on any atom is 0.249 e. The number of hydrogen-bond donors (Lipinski definition) is 3. The van der Waals surface area contributed by atoms with Gasteiger partial charge in [-0.1, -0.05) is 0 Å². The second kappa shape index (κ2) is 8.97. The highest BCUT2D eigenvalue weighted by atomic mass is 16.5. The lowest BCUT2D eigenvalue weighted by atomic mass is 9.74. The Morgan fingerprint density at radius 3 is 2.58 bits per heavy atom. The third-order valence-electron chi connectivity index (χ3n) is 5.93. The molecule has 2 aliphatic heterocycles. The number of likely N-dealkylation sites (N-methyl/N-ethyl adjacent to an activating group) is 1. The van der Waals surface area contributed by atoms with E-state index in [4.69, 9.17) is 9.47 Å². The van der Waals surface area contributed by atoms with Crippen LogP contribution in [0.1, 0.15) is 36.7 Å². The van der Waals surface area contributed by atoms with Gasteiger partial charge in [0.1, 0.15) is 23.0 Å². The van der Waals surface area contributed by atoms with Gasteiger partial charge in [0.2, 0.25) is 5.91 Å². The number of amides is 1. The fraction of sp³-hybridized carbons (Fsp3) is 0.320. The first kappa shape index (κ1) is 22.4. The molecule has 2 atom stereocenters. The number of nitrogens with zero attached hydrogens (tertiary/aromatic N) is 1. The van der Waals surface area contributed by atoms with Gasteiger partial charge in [-0.25, -0.2) is 4.99 Å². The zero-order valence-electron chi connectivity index (χ0n) is 19.4. The third-order valence-corrected chi connectivity index (χ3v) is 5.93. The smallest absolute Gasteiger partial charge is 0.249 e. The molecule has 0 fully saturated rings. The van der Waals surface area contributed by atoms with Gasteiger partial charge >= 0.3 is 0 Å². The van der Waals surface area contributed by atoms with Crippen molar-refractivity contribution < 1.29 is 19.1 Å². The van der Waals surface area contributed by atoms with E-state index < -0.39 is 11.8 Å². The van der Waals surface area contributed by atoms with Gasteiger partial charge in [-0.2, -0.15) is 0 Å². The predicted molar refractivity (Wildman–Crippen MR) is 126 cm³/mol. The number of carbonyl (C=O) groups excluding carboxylic acids is 2. The summed E-state index contributed by atoms with van der Waals surface area (Å²) in [7, 11) is 3.14. The zero-order valence-corrected chi connectivity index (χ0v) is 19.4. The number of fused-ring (bicyclic) bond motifs is 1. The highest BCUT2D eigenvalue weighted by Gasteiger charge is 2.48. The number of allylic oxidation sites excluding steroid dienone is 2. The van der Waals surface area contributed by atoms with Crippen LogP contribution >= 0.6 is 0 Å². The molecule has 33 heavy (non-hydrogen) atoms. The Morgan fingerprint density at radius 2 is 1.94 bits per heavy atom. The number of H-pyrrole nitrogens is 1. The average Bonchev–Trinajstić information content (AvgIpc) is 3.34. The van der Waals surface area contributed by atoms with E-state index in [1.54, 1.807) is 32.4 Å². The fourth-order valence-corrected chi connectivity index (χ4v) is 4.46. The normalized spacial score (nSPS) is 20.9. The molecule has 3 N–H and O–H groups in total. The lowest BCUT2D eigenvalue weighted by molar-refractivity contribution is -0.118. The number of benzene rings is 1. The number of aromatic nitrogens is 1. The molecule has 0 saturated heterocycles. The number of methoxy groups -OCH3 is 2. The van der Waals surface area contributed by atoms with Gasteiger partial charge in [-0.15, -0.1) is 0 Å². The van der Waals surface area contributed by atoms with Crippen LogP contribution in [0.3, 0.4) is 0 Å². The van der Waals surface area contributed by atoms with Crippen molar-refractivity contribution in [2.75, 3.05) is 20.8 Å². The number of aliphatic imine (C=N–C) groups is 1. The molecule has 4 rings (SSSR count). The number of amidine groups is 1. The number of nitrogens with one attached hydrogen (secondary N) is 3. The first-order valence-corrected chi connectivity index (χ1v) is 10.9. The number of Topliss-reactive ketones (excluding diaryl/α,β-unsaturated/α-hetero) is 1. The lowest BCUT2D eigenvalue weighted by Crippen LogP contribution is -2.44. The van der Waals surface area contributed by atoms with Crippen molar-refractivity contribution >= 4 is 23.6 Å². The molecule has 1 aromatic carbocycles. The van der Waals surface area contributed by atoms with E-state index in [1.807, 2.05) is 39.0 Å². The molecule has 3 heterocycles. The first-order chi connectivity index (χ1) is 15.9. The Kier molecular flexibility index (Phi) is 6.09. The minimum Gasteiger partial charge on any atom is -0.497 e. The predicted octanol–water partition coefficient (Wildman–Crippen LogP) is 3.08. The molecule has 2 unspecified atom stereocenters. The summed E-state index contributed by atoms with van der Waals surface area (Å²) < 4.78 is 11.1. The highest BCUT2D eigenvalue weighted by Crippen LogP contribution is 2.46. The molecule has 8 heteroatoms. The topological polar surface area (TPSA) is 105 Å². The summed E-state index contributed by atoms with van der Waals surface area (Å²) in [6.07, 6.45) is 1.74. The number of rotatable bonds is 6.